The molecule has 0 aliphatic heterocycles. The molecule has 0 amide bonds. The molecule has 2 N–H and O–H groups in total. The van der Waals surface area contributed by atoms with Crippen LogP contribution >= 0.6 is 12.2 Å². The lowest BCUT2D eigenvalue weighted by Crippen LogP contribution is -2.32. The minimum Gasteiger partial charge on any atom is -0.356 e. The van der Waals surface area contributed by atoms with Gasteiger partial charge in [0.15, 0.2) is 14.9 Å². The zero-order valence-corrected chi connectivity index (χ0v) is 16.3. The topological polar surface area (TPSA) is 58.2 Å². The Kier molecular flexibility index (Phi) is 6.48. The van der Waals surface area contributed by atoms with E-state index in [2.05, 4.69) is 10.6 Å². The molecular formula is C18H19F3N2O2S2. The van der Waals surface area contributed by atoms with Gasteiger partial charge >= 0.3 is 6.18 Å². The second-order valence-corrected chi connectivity index (χ2v) is 8.40. The third-order valence-corrected chi connectivity index (χ3v) is 5.22. The summed E-state index contributed by atoms with van der Waals surface area (Å²) in [6.07, 6.45) is -2.66. The van der Waals surface area contributed by atoms with Gasteiger partial charge in [0.25, 0.3) is 0 Å². The van der Waals surface area contributed by atoms with Crippen LogP contribution in [0.15, 0.2) is 53.4 Å². The maximum atomic E-state index is 12.8. The number of anilines is 1. The van der Waals surface area contributed by atoms with Crippen molar-refractivity contribution in [3.05, 3.63) is 59.7 Å². The van der Waals surface area contributed by atoms with Crippen molar-refractivity contribution < 1.29 is 21.6 Å². The van der Waals surface area contributed by atoms with E-state index in [1.165, 1.54) is 24.3 Å². The highest BCUT2D eigenvalue weighted by Gasteiger charge is 2.30. The Hall–Kier alpha value is -2.13. The number of sulfone groups is 1. The van der Waals surface area contributed by atoms with E-state index in [9.17, 15) is 21.6 Å². The molecule has 4 nitrogen and oxygen atoms in total. The van der Waals surface area contributed by atoms with Crippen LogP contribution in [0, 0.1) is 0 Å². The zero-order valence-electron chi connectivity index (χ0n) is 14.7. The van der Waals surface area contributed by atoms with E-state index in [0.717, 1.165) is 24.0 Å². The van der Waals surface area contributed by atoms with Crippen LogP contribution in [0.2, 0.25) is 0 Å². The fourth-order valence-corrected chi connectivity index (χ4v) is 3.36. The summed E-state index contributed by atoms with van der Waals surface area (Å²) in [7, 11) is -3.28. The van der Waals surface area contributed by atoms with Crippen LogP contribution in [-0.4, -0.2) is 19.8 Å². The van der Waals surface area contributed by atoms with Crippen molar-refractivity contribution in [1.82, 2.24) is 5.32 Å². The van der Waals surface area contributed by atoms with Gasteiger partial charge in [-0.05, 0) is 54.5 Å². The van der Waals surface area contributed by atoms with Crippen LogP contribution in [0.1, 0.15) is 30.5 Å². The van der Waals surface area contributed by atoms with E-state index in [1.807, 2.05) is 6.92 Å². The average molecular weight is 416 g/mol. The molecule has 0 saturated heterocycles. The zero-order chi connectivity index (χ0) is 20.2. The largest absolute Gasteiger partial charge is 0.416 e. The second-order valence-electron chi connectivity index (χ2n) is 5.98. The van der Waals surface area contributed by atoms with Crippen molar-refractivity contribution in [3.8, 4) is 0 Å². The molecule has 0 radical (unpaired) electrons. The van der Waals surface area contributed by atoms with Crippen molar-refractivity contribution >= 4 is 32.9 Å². The number of benzene rings is 2. The van der Waals surface area contributed by atoms with E-state index in [-0.39, 0.29) is 21.7 Å². The lowest BCUT2D eigenvalue weighted by Gasteiger charge is -2.20. The van der Waals surface area contributed by atoms with Gasteiger partial charge in [0, 0.05) is 11.9 Å². The number of rotatable bonds is 5. The lowest BCUT2D eigenvalue weighted by atomic mass is 10.1. The van der Waals surface area contributed by atoms with Gasteiger partial charge in [0.1, 0.15) is 0 Å². The summed E-state index contributed by atoms with van der Waals surface area (Å²) in [4.78, 5) is 0.214. The first-order valence-electron chi connectivity index (χ1n) is 8.05. The minimum absolute atomic E-state index is 0.174. The first kappa shape index (κ1) is 21.2. The maximum absolute atomic E-state index is 12.8. The van der Waals surface area contributed by atoms with E-state index in [0.29, 0.717) is 6.42 Å². The molecule has 1 atom stereocenters. The van der Waals surface area contributed by atoms with Crippen LogP contribution in [0.3, 0.4) is 0 Å². The van der Waals surface area contributed by atoms with Gasteiger partial charge in [-0.25, -0.2) is 8.42 Å². The van der Waals surface area contributed by atoms with Crippen LogP contribution in [-0.2, 0) is 16.0 Å². The molecule has 9 heteroatoms. The number of alkyl halides is 3. The average Bonchev–Trinajstić information content (AvgIpc) is 2.58. The molecule has 0 heterocycles. The monoisotopic (exact) mass is 416 g/mol. The summed E-state index contributed by atoms with van der Waals surface area (Å²) < 4.78 is 61.4. The Morgan fingerprint density at radius 1 is 1.15 bits per heavy atom. The molecule has 2 aromatic carbocycles. The van der Waals surface area contributed by atoms with Gasteiger partial charge in [-0.3, -0.25) is 0 Å². The summed E-state index contributed by atoms with van der Waals surface area (Å²) in [5.41, 5.74) is 0.279. The normalized spacial score (nSPS) is 13.1. The standard InChI is InChI=1S/C18H19F3N2O2S2/c1-3-16(12-7-9-15(10-8-12)27(2,24)25)23-17(26)22-14-6-4-5-13(11-14)18(19,20)21/h4-11,16H,3H2,1-2H3,(H2,22,23,26)/t16-/m1/s1. The molecule has 0 spiro atoms. The third kappa shape index (κ3) is 5.93. The van der Waals surface area contributed by atoms with Gasteiger partial charge in [-0.15, -0.1) is 0 Å². The number of nitrogens with one attached hydrogen (secondary N) is 2. The molecule has 0 fully saturated rings. The summed E-state index contributed by atoms with van der Waals surface area (Å²) in [5, 5.41) is 5.96. The molecular weight excluding hydrogens is 397 g/mol. The first-order chi connectivity index (χ1) is 12.5. The highest BCUT2D eigenvalue weighted by Crippen LogP contribution is 2.30. The molecule has 0 unspecified atom stereocenters. The molecule has 0 aliphatic rings. The molecule has 0 aromatic heterocycles. The van der Waals surface area contributed by atoms with Crippen LogP contribution < -0.4 is 10.6 Å². The fraction of sp³-hybridized carbons (Fsp3) is 0.278. The van der Waals surface area contributed by atoms with E-state index >= 15 is 0 Å². The lowest BCUT2D eigenvalue weighted by molar-refractivity contribution is -0.137. The Morgan fingerprint density at radius 3 is 2.30 bits per heavy atom. The summed E-state index contributed by atoms with van der Waals surface area (Å²) in [6, 6.07) is 10.9. The summed E-state index contributed by atoms with van der Waals surface area (Å²) in [5.74, 6) is 0. The third-order valence-electron chi connectivity index (χ3n) is 3.87. The van der Waals surface area contributed by atoms with Crippen LogP contribution in [0.5, 0.6) is 0 Å². The van der Waals surface area contributed by atoms with E-state index < -0.39 is 21.6 Å². The van der Waals surface area contributed by atoms with Gasteiger partial charge in [0.05, 0.1) is 16.5 Å². The van der Waals surface area contributed by atoms with Crippen LogP contribution in [0.25, 0.3) is 0 Å². The summed E-state index contributed by atoms with van der Waals surface area (Å²) in [6.45, 7) is 1.91. The van der Waals surface area contributed by atoms with Crippen molar-refractivity contribution in [2.45, 2.75) is 30.5 Å². The van der Waals surface area contributed by atoms with Gasteiger partial charge in [-0.1, -0.05) is 25.1 Å². The van der Waals surface area contributed by atoms with Gasteiger partial charge < -0.3 is 10.6 Å². The Labute approximate surface area is 161 Å². The van der Waals surface area contributed by atoms with Crippen molar-refractivity contribution in [3.63, 3.8) is 0 Å². The van der Waals surface area contributed by atoms with Crippen molar-refractivity contribution in [2.24, 2.45) is 0 Å². The Balaban J connectivity index is 2.09. The summed E-state index contributed by atoms with van der Waals surface area (Å²) >= 11 is 5.20. The van der Waals surface area contributed by atoms with Crippen LogP contribution in [0.4, 0.5) is 18.9 Å². The minimum atomic E-state index is -4.43. The van der Waals surface area contributed by atoms with E-state index in [4.69, 9.17) is 12.2 Å². The smallest absolute Gasteiger partial charge is 0.356 e. The molecule has 2 aromatic rings. The molecule has 0 bridgehead atoms. The van der Waals surface area contributed by atoms with Gasteiger partial charge in [-0.2, -0.15) is 13.2 Å². The van der Waals surface area contributed by atoms with Crippen molar-refractivity contribution in [1.29, 1.82) is 0 Å². The molecule has 146 valence electrons. The Bertz CT molecular complexity index is 911. The number of hydrogen-bond acceptors (Lipinski definition) is 3. The van der Waals surface area contributed by atoms with Gasteiger partial charge in [0.2, 0.25) is 0 Å². The quantitative estimate of drug-likeness (QED) is 0.701. The predicted molar refractivity (Wildman–Crippen MR) is 103 cm³/mol. The number of thiocarbonyl (C=S) groups is 1. The second kappa shape index (κ2) is 8.26. The maximum Gasteiger partial charge on any atom is 0.416 e. The van der Waals surface area contributed by atoms with E-state index in [1.54, 1.807) is 12.1 Å². The predicted octanol–water partition coefficient (Wildman–Crippen LogP) is 4.55. The number of halogens is 3. The molecule has 27 heavy (non-hydrogen) atoms. The number of hydrogen-bond donors (Lipinski definition) is 2. The molecule has 2 rings (SSSR count). The van der Waals surface area contributed by atoms with Crippen molar-refractivity contribution in [2.75, 3.05) is 11.6 Å². The highest BCUT2D eigenvalue weighted by molar-refractivity contribution is 7.90. The first-order valence-corrected chi connectivity index (χ1v) is 10.4. The Morgan fingerprint density at radius 2 is 1.78 bits per heavy atom. The SMILES string of the molecule is CC[C@@H](NC(=S)Nc1cccc(C(F)(F)F)c1)c1ccc(S(C)(=O)=O)cc1. The highest BCUT2D eigenvalue weighted by atomic mass is 32.2. The molecule has 0 aliphatic carbocycles. The fourth-order valence-electron chi connectivity index (χ4n) is 2.47. The molecule has 0 saturated carbocycles.